The van der Waals surface area contributed by atoms with E-state index in [4.69, 9.17) is 16.3 Å². The van der Waals surface area contributed by atoms with Crippen molar-refractivity contribution in [1.29, 1.82) is 0 Å². The minimum Gasteiger partial charge on any atom is -0.489 e. The summed E-state index contributed by atoms with van der Waals surface area (Å²) < 4.78 is 5.57. The normalized spacial score (nSPS) is 15.3. The van der Waals surface area contributed by atoms with Gasteiger partial charge in [-0.1, -0.05) is 48.5 Å². The first-order chi connectivity index (χ1) is 12.5. The molecule has 0 bridgehead atoms. The van der Waals surface area contributed by atoms with E-state index in [0.717, 1.165) is 5.56 Å². The van der Waals surface area contributed by atoms with Gasteiger partial charge in [0, 0.05) is 10.6 Å². The number of carbonyl (C=O) groups excluding carboxylic acids is 2. The number of hydrogen-bond donors (Lipinski definition) is 1. The third-order valence-corrected chi connectivity index (χ3v) is 4.29. The van der Waals surface area contributed by atoms with Gasteiger partial charge in [0.25, 0.3) is 11.8 Å². The van der Waals surface area contributed by atoms with Gasteiger partial charge in [-0.25, -0.2) is 5.01 Å². The van der Waals surface area contributed by atoms with Crippen molar-refractivity contribution in [3.8, 4) is 5.75 Å². The lowest BCUT2D eigenvalue weighted by Gasteiger charge is -2.15. The van der Waals surface area contributed by atoms with Crippen molar-refractivity contribution in [2.75, 3.05) is 11.6 Å². The molecule has 1 aliphatic rings. The lowest BCUT2D eigenvalue weighted by Crippen LogP contribution is -2.35. The molecule has 0 saturated carbocycles. The zero-order valence-electron chi connectivity index (χ0n) is 14.2. The first-order valence-electron chi connectivity index (χ1n) is 7.97. The predicted molar refractivity (Wildman–Crippen MR) is 102 cm³/mol. The van der Waals surface area contributed by atoms with Gasteiger partial charge in [0.2, 0.25) is 0 Å². The topological polar surface area (TPSA) is 58.6 Å². The fourth-order valence-electron chi connectivity index (χ4n) is 2.50. The second-order valence-corrected chi connectivity index (χ2v) is 6.12. The predicted octanol–water partition coefficient (Wildman–Crippen LogP) is 3.67. The Kier molecular flexibility index (Phi) is 5.09. The molecule has 1 N–H and O–H groups in total. The summed E-state index contributed by atoms with van der Waals surface area (Å²) in [5, 5.41) is 1.71. The molecule has 5 nitrogen and oxygen atoms in total. The zero-order chi connectivity index (χ0) is 18.7. The van der Waals surface area contributed by atoms with Gasteiger partial charge in [0.05, 0.1) is 5.69 Å². The summed E-state index contributed by atoms with van der Waals surface area (Å²) in [5.74, 6) is -0.365. The highest BCUT2D eigenvalue weighted by atomic mass is 35.5. The molecular formula is C20H17ClN2O3. The number of carbonyl (C=O) groups is 2. The Morgan fingerprint density at radius 1 is 1.23 bits per heavy atom. The van der Waals surface area contributed by atoms with Crippen LogP contribution in [0.15, 0.2) is 60.7 Å². The zero-order valence-corrected chi connectivity index (χ0v) is 14.9. The lowest BCUT2D eigenvalue weighted by molar-refractivity contribution is -0.117. The van der Waals surface area contributed by atoms with Crippen molar-refractivity contribution in [2.45, 2.75) is 6.92 Å². The van der Waals surface area contributed by atoms with Gasteiger partial charge in [-0.05, 0) is 36.8 Å². The van der Waals surface area contributed by atoms with Gasteiger partial charge < -0.3 is 4.74 Å². The van der Waals surface area contributed by atoms with E-state index < -0.39 is 11.8 Å². The molecule has 0 aromatic heterocycles. The summed E-state index contributed by atoms with van der Waals surface area (Å²) >= 11 is 6.12. The van der Waals surface area contributed by atoms with Gasteiger partial charge in [0.15, 0.2) is 0 Å². The highest BCUT2D eigenvalue weighted by molar-refractivity contribution is 6.33. The maximum atomic E-state index is 12.7. The molecule has 0 unspecified atom stereocenters. The van der Waals surface area contributed by atoms with Gasteiger partial charge >= 0.3 is 0 Å². The maximum Gasteiger partial charge on any atom is 0.282 e. The first kappa shape index (κ1) is 17.8. The molecule has 3 rings (SSSR count). The summed E-state index contributed by atoms with van der Waals surface area (Å²) in [6.45, 7) is 5.80. The number of hydrazine groups is 1. The van der Waals surface area contributed by atoms with Crippen molar-refractivity contribution in [2.24, 2.45) is 0 Å². The van der Waals surface area contributed by atoms with Crippen molar-refractivity contribution in [3.05, 3.63) is 76.8 Å². The third kappa shape index (κ3) is 3.48. The molecule has 2 aromatic rings. The molecule has 0 radical (unpaired) electrons. The third-order valence-electron chi connectivity index (χ3n) is 3.88. The molecular weight excluding hydrogens is 352 g/mol. The van der Waals surface area contributed by atoms with Crippen LogP contribution in [0.25, 0.3) is 6.08 Å². The molecule has 0 atom stereocenters. The summed E-state index contributed by atoms with van der Waals surface area (Å²) in [5.41, 5.74) is 4.61. The van der Waals surface area contributed by atoms with Gasteiger partial charge in [-0.3, -0.25) is 15.0 Å². The number of rotatable bonds is 5. The van der Waals surface area contributed by atoms with E-state index >= 15 is 0 Å². The van der Waals surface area contributed by atoms with Crippen LogP contribution >= 0.6 is 11.6 Å². The highest BCUT2D eigenvalue weighted by Gasteiger charge is 2.34. The number of anilines is 1. The first-order valence-corrected chi connectivity index (χ1v) is 8.35. The second-order valence-electron chi connectivity index (χ2n) is 5.71. The highest BCUT2D eigenvalue weighted by Crippen LogP contribution is 2.28. The van der Waals surface area contributed by atoms with Crippen LogP contribution < -0.4 is 15.2 Å². The molecule has 26 heavy (non-hydrogen) atoms. The average molecular weight is 369 g/mol. The second kappa shape index (κ2) is 7.45. The van der Waals surface area contributed by atoms with Crippen LogP contribution in [0.2, 0.25) is 5.02 Å². The average Bonchev–Trinajstić information content (AvgIpc) is 2.91. The van der Waals surface area contributed by atoms with Crippen LogP contribution in [-0.2, 0) is 9.59 Å². The number of hydrogen-bond acceptors (Lipinski definition) is 3. The Labute approximate surface area is 156 Å². The SMILES string of the molecule is C=CCOc1ccccc1/C=C1\C(=O)NN(c2ccc(C)c(Cl)c2)C1=O. The van der Waals surface area contributed by atoms with Crippen molar-refractivity contribution in [3.63, 3.8) is 0 Å². The smallest absolute Gasteiger partial charge is 0.282 e. The molecule has 6 heteroatoms. The standard InChI is InChI=1S/C20H17ClN2O3/c1-3-10-26-18-7-5-4-6-14(18)11-16-19(24)22-23(20(16)25)15-9-8-13(2)17(21)12-15/h3-9,11-12H,1,10H2,2H3,(H,22,24)/b16-11+. The van der Waals surface area contributed by atoms with E-state index in [1.165, 1.54) is 11.1 Å². The molecule has 2 aromatic carbocycles. The fraction of sp³-hybridized carbons (Fsp3) is 0.100. The monoisotopic (exact) mass is 368 g/mol. The number of para-hydroxylation sites is 1. The van der Waals surface area contributed by atoms with Crippen LogP contribution in [0.4, 0.5) is 5.69 Å². The number of aryl methyl sites for hydroxylation is 1. The number of ether oxygens (including phenoxy) is 1. The van der Waals surface area contributed by atoms with Gasteiger partial charge in [-0.15, -0.1) is 0 Å². The number of halogens is 1. The van der Waals surface area contributed by atoms with Crippen LogP contribution in [0.3, 0.4) is 0 Å². The molecule has 2 amide bonds. The molecule has 1 heterocycles. The van der Waals surface area contributed by atoms with Crippen LogP contribution in [0.1, 0.15) is 11.1 Å². The van der Waals surface area contributed by atoms with Crippen LogP contribution in [-0.4, -0.2) is 18.4 Å². The summed E-state index contributed by atoms with van der Waals surface area (Å²) in [4.78, 5) is 25.0. The summed E-state index contributed by atoms with van der Waals surface area (Å²) in [7, 11) is 0. The van der Waals surface area contributed by atoms with Gasteiger partial charge in [-0.2, -0.15) is 0 Å². The maximum absolute atomic E-state index is 12.7. The van der Waals surface area contributed by atoms with E-state index in [9.17, 15) is 9.59 Å². The largest absolute Gasteiger partial charge is 0.489 e. The van der Waals surface area contributed by atoms with Crippen LogP contribution in [0.5, 0.6) is 5.75 Å². The lowest BCUT2D eigenvalue weighted by atomic mass is 10.1. The summed E-state index contributed by atoms with van der Waals surface area (Å²) in [6.07, 6.45) is 3.14. The Morgan fingerprint density at radius 3 is 2.73 bits per heavy atom. The van der Waals surface area contributed by atoms with Crippen molar-refractivity contribution in [1.82, 2.24) is 5.43 Å². The molecule has 1 fully saturated rings. The van der Waals surface area contributed by atoms with Crippen LogP contribution in [0, 0.1) is 6.92 Å². The van der Waals surface area contributed by atoms with Gasteiger partial charge in [0.1, 0.15) is 17.9 Å². The Balaban J connectivity index is 1.93. The number of nitrogens with one attached hydrogen (secondary N) is 1. The van der Waals surface area contributed by atoms with E-state index in [1.807, 2.05) is 19.1 Å². The number of amides is 2. The minimum atomic E-state index is -0.481. The van der Waals surface area contributed by atoms with Crippen molar-refractivity contribution < 1.29 is 14.3 Å². The molecule has 1 aliphatic heterocycles. The Bertz CT molecular complexity index is 921. The quantitative estimate of drug-likeness (QED) is 0.497. The van der Waals surface area contributed by atoms with Crippen molar-refractivity contribution >= 4 is 35.2 Å². The van der Waals surface area contributed by atoms with E-state index in [-0.39, 0.29) is 5.57 Å². The van der Waals surface area contributed by atoms with E-state index in [2.05, 4.69) is 12.0 Å². The van der Waals surface area contributed by atoms with E-state index in [1.54, 1.807) is 36.4 Å². The Hall–Kier alpha value is -3.05. The molecule has 0 spiro atoms. The summed E-state index contributed by atoms with van der Waals surface area (Å²) in [6, 6.07) is 12.3. The molecule has 0 aliphatic carbocycles. The molecule has 132 valence electrons. The molecule has 1 saturated heterocycles. The number of nitrogens with zero attached hydrogens (tertiary/aromatic N) is 1. The minimum absolute atomic E-state index is 0.0244. The fourth-order valence-corrected chi connectivity index (χ4v) is 2.67. The van der Waals surface area contributed by atoms with E-state index in [0.29, 0.717) is 28.6 Å². The number of benzene rings is 2. The Morgan fingerprint density at radius 2 is 2.00 bits per heavy atom.